The minimum atomic E-state index is -3.57. The summed E-state index contributed by atoms with van der Waals surface area (Å²) in [6.45, 7) is 5.84. The van der Waals surface area contributed by atoms with Gasteiger partial charge in [-0.1, -0.05) is 13.8 Å². The molecule has 0 saturated carbocycles. The van der Waals surface area contributed by atoms with Crippen LogP contribution in [0.4, 0.5) is 5.69 Å². The maximum Gasteiger partial charge on any atom is 0.243 e. The van der Waals surface area contributed by atoms with Crippen molar-refractivity contribution in [3.8, 4) is 0 Å². The first-order chi connectivity index (χ1) is 12.2. The zero-order valence-corrected chi connectivity index (χ0v) is 16.9. The van der Waals surface area contributed by atoms with E-state index >= 15 is 0 Å². The molecule has 0 radical (unpaired) electrons. The largest absolute Gasteiger partial charge is 0.379 e. The summed E-state index contributed by atoms with van der Waals surface area (Å²) in [4.78, 5) is 0.222. The van der Waals surface area contributed by atoms with Gasteiger partial charge in [0.25, 0.3) is 0 Å². The lowest BCUT2D eigenvalue weighted by molar-refractivity contribution is 0.0730. The van der Waals surface area contributed by atoms with Crippen LogP contribution < -0.4 is 4.31 Å². The Hall–Kier alpha value is -1.16. The number of sulfonamides is 2. The molecule has 0 unspecified atom stereocenters. The Balaban J connectivity index is 1.84. The summed E-state index contributed by atoms with van der Waals surface area (Å²) >= 11 is 0. The highest BCUT2D eigenvalue weighted by Gasteiger charge is 2.32. The first-order valence-corrected chi connectivity index (χ1v) is 12.0. The van der Waals surface area contributed by atoms with Crippen molar-refractivity contribution in [3.63, 3.8) is 0 Å². The van der Waals surface area contributed by atoms with Crippen molar-refractivity contribution in [1.29, 1.82) is 0 Å². The molecule has 1 saturated heterocycles. The zero-order chi connectivity index (χ0) is 18.9. The van der Waals surface area contributed by atoms with Crippen molar-refractivity contribution in [2.45, 2.75) is 31.6 Å². The Bertz CT molecular complexity index is 859. The highest BCUT2D eigenvalue weighted by atomic mass is 32.2. The number of rotatable bonds is 6. The molecule has 0 amide bonds. The summed E-state index contributed by atoms with van der Waals surface area (Å²) < 4.78 is 58.9. The average molecular weight is 403 g/mol. The molecule has 2 heterocycles. The van der Waals surface area contributed by atoms with Crippen LogP contribution in [0.1, 0.15) is 25.8 Å². The van der Waals surface area contributed by atoms with Crippen LogP contribution in [0, 0.1) is 5.92 Å². The first kappa shape index (κ1) is 19.6. The number of hydrogen-bond acceptors (Lipinski definition) is 5. The standard InChI is InChI=1S/C17H26N2O5S2/c1-14(2)6-12-25(20,21)19-7-5-15-13-16(3-4-17(15)19)26(22,23)18-8-10-24-11-9-18/h3-4,13-14H,5-12H2,1-2H3. The molecule has 0 spiro atoms. The van der Waals surface area contributed by atoms with Gasteiger partial charge >= 0.3 is 0 Å². The van der Waals surface area contributed by atoms with Gasteiger partial charge in [-0.05, 0) is 42.5 Å². The minimum Gasteiger partial charge on any atom is -0.379 e. The van der Waals surface area contributed by atoms with E-state index in [1.807, 2.05) is 13.8 Å². The summed E-state index contributed by atoms with van der Waals surface area (Å²) in [6, 6.07) is 4.76. The van der Waals surface area contributed by atoms with Crippen LogP contribution >= 0.6 is 0 Å². The molecule has 1 aromatic carbocycles. The fourth-order valence-corrected chi connectivity index (χ4v) is 6.52. The molecule has 1 fully saturated rings. The maximum atomic E-state index is 12.8. The molecular formula is C17H26N2O5S2. The number of hydrogen-bond donors (Lipinski definition) is 0. The van der Waals surface area contributed by atoms with Crippen molar-refractivity contribution >= 4 is 25.7 Å². The Morgan fingerprint density at radius 2 is 1.77 bits per heavy atom. The molecule has 9 heteroatoms. The van der Waals surface area contributed by atoms with Gasteiger partial charge in [-0.2, -0.15) is 4.31 Å². The molecule has 0 aliphatic carbocycles. The minimum absolute atomic E-state index is 0.109. The quantitative estimate of drug-likeness (QED) is 0.719. The van der Waals surface area contributed by atoms with Crippen LogP contribution in [0.15, 0.2) is 23.1 Å². The summed E-state index contributed by atoms with van der Waals surface area (Å²) in [5.74, 6) is 0.422. The van der Waals surface area contributed by atoms with E-state index in [1.165, 1.54) is 14.7 Å². The third-order valence-corrected chi connectivity index (χ3v) is 8.50. The van der Waals surface area contributed by atoms with Crippen molar-refractivity contribution in [3.05, 3.63) is 23.8 Å². The highest BCUT2D eigenvalue weighted by molar-refractivity contribution is 7.92. The van der Waals surface area contributed by atoms with Gasteiger partial charge in [-0.3, -0.25) is 4.31 Å². The summed E-state index contributed by atoms with van der Waals surface area (Å²) in [7, 11) is -6.95. The molecule has 1 aromatic rings. The molecular weight excluding hydrogens is 376 g/mol. The average Bonchev–Trinajstić information content (AvgIpc) is 3.05. The lowest BCUT2D eigenvalue weighted by Gasteiger charge is -2.26. The van der Waals surface area contributed by atoms with Gasteiger partial charge in [0.05, 0.1) is 29.5 Å². The third kappa shape index (κ3) is 3.90. The van der Waals surface area contributed by atoms with E-state index in [4.69, 9.17) is 4.74 Å². The lowest BCUT2D eigenvalue weighted by Crippen LogP contribution is -2.40. The fourth-order valence-electron chi connectivity index (χ4n) is 3.23. The van der Waals surface area contributed by atoms with Crippen LogP contribution in [0.5, 0.6) is 0 Å². The number of nitrogens with zero attached hydrogens (tertiary/aromatic N) is 2. The zero-order valence-electron chi connectivity index (χ0n) is 15.2. The van der Waals surface area contributed by atoms with E-state index in [1.54, 1.807) is 12.1 Å². The molecule has 0 N–H and O–H groups in total. The van der Waals surface area contributed by atoms with Crippen molar-refractivity contribution in [2.75, 3.05) is 42.9 Å². The molecule has 3 rings (SSSR count). The van der Waals surface area contributed by atoms with Crippen LogP contribution in [0.25, 0.3) is 0 Å². The smallest absolute Gasteiger partial charge is 0.243 e. The van der Waals surface area contributed by atoms with Crippen LogP contribution in [0.3, 0.4) is 0 Å². The van der Waals surface area contributed by atoms with E-state index in [9.17, 15) is 16.8 Å². The van der Waals surface area contributed by atoms with Crippen LogP contribution in [-0.4, -0.2) is 59.7 Å². The van der Waals surface area contributed by atoms with Gasteiger partial charge in [-0.15, -0.1) is 0 Å². The van der Waals surface area contributed by atoms with E-state index in [-0.39, 0.29) is 10.6 Å². The number of fused-ring (bicyclic) bond motifs is 1. The SMILES string of the molecule is CC(C)CCS(=O)(=O)N1CCc2cc(S(=O)(=O)N3CCOCC3)ccc21. The molecule has 2 aliphatic heterocycles. The van der Waals surface area contributed by atoms with Crippen molar-refractivity contribution in [1.82, 2.24) is 4.31 Å². The van der Waals surface area contributed by atoms with Gasteiger partial charge in [0.15, 0.2) is 0 Å². The second kappa shape index (κ2) is 7.46. The summed E-state index contributed by atoms with van der Waals surface area (Å²) in [5, 5.41) is 0. The van der Waals surface area contributed by atoms with Gasteiger partial charge in [-0.25, -0.2) is 16.8 Å². The summed E-state index contributed by atoms with van der Waals surface area (Å²) in [5.41, 5.74) is 1.38. The fraction of sp³-hybridized carbons (Fsp3) is 0.647. The molecule has 0 bridgehead atoms. The Morgan fingerprint density at radius 1 is 1.08 bits per heavy atom. The van der Waals surface area contributed by atoms with Gasteiger partial charge < -0.3 is 4.74 Å². The molecule has 0 aromatic heterocycles. The normalized spacial score (nSPS) is 19.1. The van der Waals surface area contributed by atoms with E-state index in [2.05, 4.69) is 0 Å². The Kier molecular flexibility index (Phi) is 5.62. The van der Waals surface area contributed by atoms with E-state index in [0.29, 0.717) is 57.3 Å². The molecule has 7 nitrogen and oxygen atoms in total. The molecule has 0 atom stereocenters. The monoisotopic (exact) mass is 402 g/mol. The predicted octanol–water partition coefficient (Wildman–Crippen LogP) is 1.45. The number of benzene rings is 1. The van der Waals surface area contributed by atoms with Crippen molar-refractivity contribution in [2.24, 2.45) is 5.92 Å². The molecule has 146 valence electrons. The Morgan fingerprint density at radius 3 is 2.42 bits per heavy atom. The lowest BCUT2D eigenvalue weighted by atomic mass is 10.2. The second-order valence-corrected chi connectivity index (χ2v) is 11.1. The third-order valence-electron chi connectivity index (χ3n) is 4.80. The number of anilines is 1. The number of ether oxygens (including phenoxy) is 1. The number of morpholine rings is 1. The first-order valence-electron chi connectivity index (χ1n) is 8.93. The predicted molar refractivity (Wildman–Crippen MR) is 100 cm³/mol. The van der Waals surface area contributed by atoms with Crippen molar-refractivity contribution < 1.29 is 21.6 Å². The molecule has 26 heavy (non-hydrogen) atoms. The van der Waals surface area contributed by atoms with Gasteiger partial charge in [0.1, 0.15) is 0 Å². The second-order valence-electron chi connectivity index (χ2n) is 7.13. The van der Waals surface area contributed by atoms with Gasteiger partial charge in [0.2, 0.25) is 20.0 Å². The van der Waals surface area contributed by atoms with Crippen LogP contribution in [0.2, 0.25) is 0 Å². The van der Waals surface area contributed by atoms with E-state index in [0.717, 1.165) is 5.56 Å². The van der Waals surface area contributed by atoms with E-state index < -0.39 is 20.0 Å². The van der Waals surface area contributed by atoms with Crippen LogP contribution in [-0.2, 0) is 31.2 Å². The summed E-state index contributed by atoms with van der Waals surface area (Å²) in [6.07, 6.45) is 1.14. The maximum absolute atomic E-state index is 12.8. The van der Waals surface area contributed by atoms with Gasteiger partial charge in [0, 0.05) is 19.6 Å². The Labute approximate surface area is 156 Å². The molecule has 2 aliphatic rings. The highest BCUT2D eigenvalue weighted by Crippen LogP contribution is 2.33. The topological polar surface area (TPSA) is 84.0 Å².